The van der Waals surface area contributed by atoms with Gasteiger partial charge in [0.25, 0.3) is 10.0 Å². The number of hydrogen-bond donors (Lipinski definition) is 1. The maximum absolute atomic E-state index is 14.2. The average Bonchev–Trinajstić information content (AvgIpc) is 2.98. The minimum absolute atomic E-state index is 0.0196. The number of carbonyl (C=O) groups is 2. The van der Waals surface area contributed by atoms with Gasteiger partial charge in [-0.2, -0.15) is 0 Å². The molecule has 0 aliphatic carbocycles. The number of carbonyl (C=O) groups excluding carboxylic acids is 2. The monoisotopic (exact) mass is 613 g/mol. The van der Waals surface area contributed by atoms with Crippen LogP contribution in [0.4, 0.5) is 10.1 Å². The van der Waals surface area contributed by atoms with Crippen LogP contribution in [0.2, 0.25) is 0 Å². The molecule has 0 radical (unpaired) electrons. The molecule has 0 heterocycles. The van der Waals surface area contributed by atoms with Gasteiger partial charge >= 0.3 is 0 Å². The van der Waals surface area contributed by atoms with Crippen LogP contribution in [0.15, 0.2) is 65.6 Å². The van der Waals surface area contributed by atoms with Crippen LogP contribution < -0.4 is 19.1 Å². The topological polar surface area (TPSA) is 105 Å². The Morgan fingerprint density at radius 1 is 0.907 bits per heavy atom. The van der Waals surface area contributed by atoms with E-state index in [4.69, 9.17) is 9.47 Å². The summed E-state index contributed by atoms with van der Waals surface area (Å²) in [6.07, 6.45) is 0.993. The van der Waals surface area contributed by atoms with Gasteiger partial charge in [-0.25, -0.2) is 12.8 Å². The lowest BCUT2D eigenvalue weighted by atomic mass is 10.1. The van der Waals surface area contributed by atoms with E-state index in [2.05, 4.69) is 5.32 Å². The van der Waals surface area contributed by atoms with E-state index in [-0.39, 0.29) is 29.5 Å². The highest BCUT2D eigenvalue weighted by atomic mass is 32.2. The standard InChI is InChI=1S/C32H40FN3O6S/c1-7-15-34-32(38)28(8-2)35(20-24-9-11-25(33)12-10-24)31(37)21-36(26-17-22(3)16-23(4)18-26)43(39,40)27-13-14-29(41-5)30(19-27)42-6/h9-14,16-19,28H,7-8,15,20-21H2,1-6H3,(H,34,38)/t28-/m0/s1. The van der Waals surface area contributed by atoms with Gasteiger partial charge in [-0.1, -0.05) is 32.0 Å². The molecule has 0 spiro atoms. The largest absolute Gasteiger partial charge is 0.493 e. The SMILES string of the molecule is CCCNC(=O)[C@H](CC)N(Cc1ccc(F)cc1)C(=O)CN(c1cc(C)cc(C)c1)S(=O)(=O)c1ccc(OC)c(OC)c1. The van der Waals surface area contributed by atoms with E-state index < -0.39 is 34.3 Å². The summed E-state index contributed by atoms with van der Waals surface area (Å²) in [7, 11) is -1.47. The van der Waals surface area contributed by atoms with Crippen LogP contribution in [-0.4, -0.2) is 58.5 Å². The lowest BCUT2D eigenvalue weighted by Gasteiger charge is -2.33. The number of hydrogen-bond acceptors (Lipinski definition) is 6. The zero-order chi connectivity index (χ0) is 31.7. The van der Waals surface area contributed by atoms with Crippen molar-refractivity contribution in [2.45, 2.75) is 58.0 Å². The van der Waals surface area contributed by atoms with E-state index in [0.29, 0.717) is 30.0 Å². The summed E-state index contributed by atoms with van der Waals surface area (Å²) in [5.41, 5.74) is 2.51. The first-order valence-electron chi connectivity index (χ1n) is 14.1. The number of rotatable bonds is 14. The second kappa shape index (κ2) is 14.9. The smallest absolute Gasteiger partial charge is 0.264 e. The second-order valence-corrected chi connectivity index (χ2v) is 12.1. The minimum Gasteiger partial charge on any atom is -0.493 e. The Bertz CT molecular complexity index is 1510. The summed E-state index contributed by atoms with van der Waals surface area (Å²) in [6.45, 7) is 7.20. The average molecular weight is 614 g/mol. The number of aryl methyl sites for hydroxylation is 2. The number of nitrogens with one attached hydrogen (secondary N) is 1. The highest BCUT2D eigenvalue weighted by molar-refractivity contribution is 7.92. The van der Waals surface area contributed by atoms with Gasteiger partial charge in [-0.05, 0) is 79.8 Å². The Morgan fingerprint density at radius 3 is 2.09 bits per heavy atom. The summed E-state index contributed by atoms with van der Waals surface area (Å²) < 4.78 is 53.8. The van der Waals surface area contributed by atoms with E-state index in [1.165, 1.54) is 61.6 Å². The number of sulfonamides is 1. The first-order chi connectivity index (χ1) is 20.4. The van der Waals surface area contributed by atoms with Crippen LogP contribution in [0.3, 0.4) is 0 Å². The predicted molar refractivity (Wildman–Crippen MR) is 164 cm³/mol. The molecule has 2 amide bonds. The number of halogens is 1. The van der Waals surface area contributed by atoms with Gasteiger partial charge in [0, 0.05) is 19.2 Å². The summed E-state index contributed by atoms with van der Waals surface area (Å²) in [4.78, 5) is 28.6. The molecule has 0 saturated heterocycles. The molecule has 0 aliphatic rings. The molecule has 1 atom stereocenters. The van der Waals surface area contributed by atoms with E-state index in [1.807, 2.05) is 26.8 Å². The Hall–Kier alpha value is -4.12. The molecular weight excluding hydrogens is 573 g/mol. The molecular formula is C32H40FN3O6S. The lowest BCUT2D eigenvalue weighted by Crippen LogP contribution is -2.52. The fourth-order valence-electron chi connectivity index (χ4n) is 4.80. The van der Waals surface area contributed by atoms with E-state index >= 15 is 0 Å². The Balaban J connectivity index is 2.12. The number of benzene rings is 3. The third-order valence-electron chi connectivity index (χ3n) is 6.92. The molecule has 3 aromatic carbocycles. The Labute approximate surface area is 253 Å². The fourth-order valence-corrected chi connectivity index (χ4v) is 6.21. The van der Waals surface area contributed by atoms with Crippen LogP contribution in [0.5, 0.6) is 11.5 Å². The highest BCUT2D eigenvalue weighted by Crippen LogP contribution is 2.33. The number of ether oxygens (including phenoxy) is 2. The summed E-state index contributed by atoms with van der Waals surface area (Å²) >= 11 is 0. The normalized spacial score (nSPS) is 11.9. The van der Waals surface area contributed by atoms with Gasteiger partial charge in [-0.3, -0.25) is 13.9 Å². The van der Waals surface area contributed by atoms with Crippen molar-refractivity contribution >= 4 is 27.5 Å². The second-order valence-electron chi connectivity index (χ2n) is 10.2. The molecule has 3 aromatic rings. The molecule has 0 aliphatic heterocycles. The first-order valence-corrected chi connectivity index (χ1v) is 15.5. The van der Waals surface area contributed by atoms with Gasteiger partial charge in [0.05, 0.1) is 24.8 Å². The molecule has 0 fully saturated rings. The predicted octanol–water partition coefficient (Wildman–Crippen LogP) is 4.99. The number of methoxy groups -OCH3 is 2. The van der Waals surface area contributed by atoms with Gasteiger partial charge in [-0.15, -0.1) is 0 Å². The van der Waals surface area contributed by atoms with Gasteiger partial charge in [0.15, 0.2) is 11.5 Å². The third kappa shape index (κ3) is 8.25. The van der Waals surface area contributed by atoms with Crippen LogP contribution >= 0.6 is 0 Å². The fraction of sp³-hybridized carbons (Fsp3) is 0.375. The van der Waals surface area contributed by atoms with Crippen molar-refractivity contribution in [3.05, 3.63) is 83.2 Å². The first kappa shape index (κ1) is 33.4. The van der Waals surface area contributed by atoms with Crippen molar-refractivity contribution < 1.29 is 31.9 Å². The molecule has 0 aromatic heterocycles. The number of nitrogens with zero attached hydrogens (tertiary/aromatic N) is 2. The van der Waals surface area contributed by atoms with Crippen LogP contribution in [0.25, 0.3) is 0 Å². The van der Waals surface area contributed by atoms with Gasteiger partial charge < -0.3 is 19.7 Å². The molecule has 9 nitrogen and oxygen atoms in total. The molecule has 0 unspecified atom stereocenters. The van der Waals surface area contributed by atoms with Crippen LogP contribution in [0.1, 0.15) is 43.4 Å². The zero-order valence-electron chi connectivity index (χ0n) is 25.5. The maximum atomic E-state index is 14.2. The third-order valence-corrected chi connectivity index (χ3v) is 8.69. The van der Waals surface area contributed by atoms with E-state index in [1.54, 1.807) is 19.1 Å². The van der Waals surface area contributed by atoms with E-state index in [9.17, 15) is 22.4 Å². The van der Waals surface area contributed by atoms with Crippen molar-refractivity contribution in [3.8, 4) is 11.5 Å². The molecule has 0 bridgehead atoms. The summed E-state index contributed by atoms with van der Waals surface area (Å²) in [5.74, 6) is -0.806. The summed E-state index contributed by atoms with van der Waals surface area (Å²) in [6, 6.07) is 14.2. The molecule has 1 N–H and O–H groups in total. The number of anilines is 1. The van der Waals surface area contributed by atoms with Crippen molar-refractivity contribution in [1.82, 2.24) is 10.2 Å². The molecule has 3 rings (SSSR count). The maximum Gasteiger partial charge on any atom is 0.264 e. The molecule has 232 valence electrons. The van der Waals surface area contributed by atoms with Gasteiger partial charge in [0.1, 0.15) is 18.4 Å². The Kier molecular flexibility index (Phi) is 11.5. The molecule has 0 saturated carbocycles. The lowest BCUT2D eigenvalue weighted by molar-refractivity contribution is -0.140. The van der Waals surface area contributed by atoms with Crippen molar-refractivity contribution in [3.63, 3.8) is 0 Å². The van der Waals surface area contributed by atoms with Crippen molar-refractivity contribution in [1.29, 1.82) is 0 Å². The number of amides is 2. The highest BCUT2D eigenvalue weighted by Gasteiger charge is 2.34. The minimum atomic E-state index is -4.32. The van der Waals surface area contributed by atoms with E-state index in [0.717, 1.165) is 15.4 Å². The van der Waals surface area contributed by atoms with Gasteiger partial charge in [0.2, 0.25) is 11.8 Å². The summed E-state index contributed by atoms with van der Waals surface area (Å²) in [5, 5.41) is 2.84. The van der Waals surface area contributed by atoms with Crippen molar-refractivity contribution in [2.24, 2.45) is 0 Å². The molecule has 43 heavy (non-hydrogen) atoms. The Morgan fingerprint density at radius 2 is 1.53 bits per heavy atom. The zero-order valence-corrected chi connectivity index (χ0v) is 26.3. The quantitative estimate of drug-likeness (QED) is 0.275. The van der Waals surface area contributed by atoms with Crippen LogP contribution in [-0.2, 0) is 26.2 Å². The van der Waals surface area contributed by atoms with Crippen molar-refractivity contribution in [2.75, 3.05) is 31.6 Å². The van der Waals surface area contributed by atoms with Crippen LogP contribution in [0, 0.1) is 19.7 Å². The molecule has 11 heteroatoms.